The second kappa shape index (κ2) is 5.33. The van der Waals surface area contributed by atoms with Crippen LogP contribution in [0.2, 0.25) is 0 Å². The molecule has 1 aliphatic heterocycles. The summed E-state index contributed by atoms with van der Waals surface area (Å²) in [5.41, 5.74) is 7.01. The topological polar surface area (TPSA) is 55.0 Å². The van der Waals surface area contributed by atoms with E-state index in [0.717, 1.165) is 11.4 Å². The maximum absolute atomic E-state index is 13.1. The van der Waals surface area contributed by atoms with E-state index in [1.165, 1.54) is 12.8 Å². The van der Waals surface area contributed by atoms with Gasteiger partial charge in [0.05, 0.1) is 0 Å². The molecular formula is C14H20F2N4. The minimum Gasteiger partial charge on any atom is -0.323 e. The number of alkyl halides is 2. The lowest BCUT2D eigenvalue weighted by Gasteiger charge is -2.33. The van der Waals surface area contributed by atoms with Gasteiger partial charge in [0.25, 0.3) is 5.92 Å². The Morgan fingerprint density at radius 3 is 2.40 bits per heavy atom. The molecule has 0 amide bonds. The Hall–Kier alpha value is -1.14. The highest BCUT2D eigenvalue weighted by atomic mass is 19.3. The van der Waals surface area contributed by atoms with Gasteiger partial charge in [-0.1, -0.05) is 0 Å². The first-order chi connectivity index (χ1) is 9.53. The number of rotatable bonds is 4. The second-order valence-electron chi connectivity index (χ2n) is 5.91. The van der Waals surface area contributed by atoms with Crippen LogP contribution in [0.25, 0.3) is 0 Å². The van der Waals surface area contributed by atoms with Crippen LogP contribution in [-0.2, 0) is 0 Å². The van der Waals surface area contributed by atoms with Gasteiger partial charge in [-0.3, -0.25) is 0 Å². The summed E-state index contributed by atoms with van der Waals surface area (Å²) in [5.74, 6) is -1.07. The van der Waals surface area contributed by atoms with Gasteiger partial charge in [0.1, 0.15) is 5.82 Å². The number of likely N-dealkylation sites (tertiary alicyclic amines) is 1. The van der Waals surface area contributed by atoms with Crippen LogP contribution in [0.15, 0.2) is 12.4 Å². The fraction of sp³-hybridized carbons (Fsp3) is 0.714. The molecular weight excluding hydrogens is 262 g/mol. The Kier molecular flexibility index (Phi) is 3.69. The smallest absolute Gasteiger partial charge is 0.250 e. The molecule has 2 aliphatic rings. The SMILES string of the molecule is NC(CN1CCC(F)(F)CC1)c1cnc(C2CC2)nc1. The minimum absolute atomic E-state index is 0.0726. The van der Waals surface area contributed by atoms with Crippen LogP contribution in [0.3, 0.4) is 0 Å². The number of hydrogen-bond donors (Lipinski definition) is 1. The fourth-order valence-corrected chi connectivity index (χ4v) is 2.54. The van der Waals surface area contributed by atoms with Crippen LogP contribution >= 0.6 is 0 Å². The van der Waals surface area contributed by atoms with Crippen LogP contribution in [0.4, 0.5) is 8.78 Å². The lowest BCUT2D eigenvalue weighted by molar-refractivity contribution is -0.0558. The first-order valence-corrected chi connectivity index (χ1v) is 7.21. The Morgan fingerprint density at radius 1 is 1.25 bits per heavy atom. The molecule has 1 saturated heterocycles. The molecule has 0 aromatic carbocycles. The van der Waals surface area contributed by atoms with Crippen LogP contribution in [0, 0.1) is 0 Å². The van der Waals surface area contributed by atoms with Crippen molar-refractivity contribution < 1.29 is 8.78 Å². The van der Waals surface area contributed by atoms with E-state index < -0.39 is 5.92 Å². The van der Waals surface area contributed by atoms with E-state index in [0.29, 0.717) is 25.6 Å². The summed E-state index contributed by atoms with van der Waals surface area (Å²) in [6.07, 6.45) is 5.77. The summed E-state index contributed by atoms with van der Waals surface area (Å²) in [6.45, 7) is 1.39. The van der Waals surface area contributed by atoms with Gasteiger partial charge in [0.2, 0.25) is 0 Å². The van der Waals surface area contributed by atoms with E-state index >= 15 is 0 Å². The van der Waals surface area contributed by atoms with Gasteiger partial charge in [-0.05, 0) is 12.8 Å². The number of hydrogen-bond acceptors (Lipinski definition) is 4. The van der Waals surface area contributed by atoms with Gasteiger partial charge in [-0.15, -0.1) is 0 Å². The number of piperidine rings is 1. The van der Waals surface area contributed by atoms with Crippen molar-refractivity contribution in [3.05, 3.63) is 23.8 Å². The first-order valence-electron chi connectivity index (χ1n) is 7.21. The molecule has 2 heterocycles. The summed E-state index contributed by atoms with van der Waals surface area (Å²) >= 11 is 0. The van der Waals surface area contributed by atoms with E-state index in [1.807, 2.05) is 4.90 Å². The molecule has 1 unspecified atom stereocenters. The third-order valence-corrected chi connectivity index (χ3v) is 4.10. The molecule has 0 radical (unpaired) electrons. The number of aromatic nitrogens is 2. The molecule has 1 saturated carbocycles. The quantitative estimate of drug-likeness (QED) is 0.918. The second-order valence-corrected chi connectivity index (χ2v) is 5.91. The Balaban J connectivity index is 1.54. The Morgan fingerprint density at radius 2 is 1.85 bits per heavy atom. The summed E-state index contributed by atoms with van der Waals surface area (Å²) in [4.78, 5) is 10.7. The van der Waals surface area contributed by atoms with Crippen LogP contribution in [0.1, 0.15) is 49.0 Å². The molecule has 0 bridgehead atoms. The third kappa shape index (κ3) is 3.30. The molecule has 2 N–H and O–H groups in total. The average Bonchev–Trinajstić information content (AvgIpc) is 3.26. The van der Waals surface area contributed by atoms with Crippen LogP contribution in [0.5, 0.6) is 0 Å². The van der Waals surface area contributed by atoms with E-state index in [1.54, 1.807) is 12.4 Å². The van der Waals surface area contributed by atoms with Gasteiger partial charge < -0.3 is 10.6 Å². The highest BCUT2D eigenvalue weighted by Gasteiger charge is 2.34. The van der Waals surface area contributed by atoms with Crippen molar-refractivity contribution in [3.63, 3.8) is 0 Å². The maximum atomic E-state index is 13.1. The van der Waals surface area contributed by atoms with Gasteiger partial charge >= 0.3 is 0 Å². The Bertz CT molecular complexity index is 449. The zero-order chi connectivity index (χ0) is 14.2. The average molecular weight is 282 g/mol. The highest BCUT2D eigenvalue weighted by molar-refractivity contribution is 5.14. The number of halogens is 2. The van der Waals surface area contributed by atoms with Crippen molar-refractivity contribution in [1.29, 1.82) is 0 Å². The van der Waals surface area contributed by atoms with E-state index in [2.05, 4.69) is 9.97 Å². The zero-order valence-corrected chi connectivity index (χ0v) is 11.4. The van der Waals surface area contributed by atoms with E-state index in [9.17, 15) is 8.78 Å². The lowest BCUT2D eigenvalue weighted by Crippen LogP contribution is -2.42. The van der Waals surface area contributed by atoms with Gasteiger partial charge in [0, 0.05) is 62.4 Å². The third-order valence-electron chi connectivity index (χ3n) is 4.10. The van der Waals surface area contributed by atoms with E-state index in [-0.39, 0.29) is 18.9 Å². The molecule has 20 heavy (non-hydrogen) atoms. The molecule has 0 spiro atoms. The van der Waals surface area contributed by atoms with Crippen molar-refractivity contribution in [3.8, 4) is 0 Å². The molecule has 3 rings (SSSR count). The molecule has 1 aromatic rings. The maximum Gasteiger partial charge on any atom is 0.250 e. The van der Waals surface area contributed by atoms with E-state index in [4.69, 9.17) is 5.73 Å². The van der Waals surface area contributed by atoms with Gasteiger partial charge in [-0.25, -0.2) is 18.7 Å². The molecule has 4 nitrogen and oxygen atoms in total. The zero-order valence-electron chi connectivity index (χ0n) is 11.4. The predicted octanol–water partition coefficient (Wildman–Crippen LogP) is 2.08. The number of nitrogens with zero attached hydrogens (tertiary/aromatic N) is 3. The summed E-state index contributed by atoms with van der Waals surface area (Å²) < 4.78 is 26.2. The van der Waals surface area contributed by atoms with Crippen molar-refractivity contribution >= 4 is 0 Å². The summed E-state index contributed by atoms with van der Waals surface area (Å²) in [5, 5.41) is 0. The monoisotopic (exact) mass is 282 g/mol. The van der Waals surface area contributed by atoms with Crippen molar-refractivity contribution in [2.75, 3.05) is 19.6 Å². The van der Waals surface area contributed by atoms with Gasteiger partial charge in [0.15, 0.2) is 0 Å². The van der Waals surface area contributed by atoms with Crippen LogP contribution in [-0.4, -0.2) is 40.4 Å². The standard InChI is InChI=1S/C14H20F2N4/c15-14(16)3-5-20(6-4-14)9-12(17)11-7-18-13(19-8-11)10-1-2-10/h7-8,10,12H,1-6,9,17H2. The fourth-order valence-electron chi connectivity index (χ4n) is 2.54. The highest BCUT2D eigenvalue weighted by Crippen LogP contribution is 2.37. The number of nitrogens with two attached hydrogens (primary N) is 1. The van der Waals surface area contributed by atoms with Crippen molar-refractivity contribution in [2.24, 2.45) is 5.73 Å². The molecule has 110 valence electrons. The molecule has 1 aromatic heterocycles. The van der Waals surface area contributed by atoms with Crippen molar-refractivity contribution in [2.45, 2.75) is 43.6 Å². The largest absolute Gasteiger partial charge is 0.323 e. The lowest BCUT2D eigenvalue weighted by atomic mass is 10.0. The minimum atomic E-state index is -2.50. The molecule has 1 atom stereocenters. The first kappa shape index (κ1) is 13.8. The van der Waals surface area contributed by atoms with Gasteiger partial charge in [-0.2, -0.15) is 0 Å². The molecule has 6 heteroatoms. The van der Waals surface area contributed by atoms with Crippen molar-refractivity contribution in [1.82, 2.24) is 14.9 Å². The molecule has 1 aliphatic carbocycles. The molecule has 2 fully saturated rings. The normalized spacial score (nSPS) is 24.6. The Labute approximate surface area is 117 Å². The van der Waals surface area contributed by atoms with Crippen LogP contribution < -0.4 is 5.73 Å². The summed E-state index contributed by atoms with van der Waals surface area (Å²) in [7, 11) is 0. The predicted molar refractivity (Wildman–Crippen MR) is 71.6 cm³/mol. The summed E-state index contributed by atoms with van der Waals surface area (Å²) in [6, 6.07) is -0.213.